The van der Waals surface area contributed by atoms with Gasteiger partial charge in [-0.05, 0) is 41.9 Å². The van der Waals surface area contributed by atoms with Crippen LogP contribution in [0.1, 0.15) is 39.7 Å². The van der Waals surface area contributed by atoms with E-state index >= 15 is 0 Å². The van der Waals surface area contributed by atoms with Crippen LogP contribution in [0.2, 0.25) is 0 Å². The molecule has 2 unspecified atom stereocenters. The summed E-state index contributed by atoms with van der Waals surface area (Å²) in [6, 6.07) is 7.92. The summed E-state index contributed by atoms with van der Waals surface area (Å²) in [5.74, 6) is 1.35. The van der Waals surface area contributed by atoms with Gasteiger partial charge in [-0.3, -0.25) is 0 Å². The second kappa shape index (κ2) is 6.24. The van der Waals surface area contributed by atoms with Crippen molar-refractivity contribution in [2.24, 2.45) is 11.3 Å². The zero-order valence-corrected chi connectivity index (χ0v) is 12.2. The Labute approximate surface area is 111 Å². The monoisotopic (exact) mass is 250 g/mol. The predicted octanol–water partition coefficient (Wildman–Crippen LogP) is 3.67. The molecular formula is C16H26O2. The second-order valence-corrected chi connectivity index (χ2v) is 6.21. The van der Waals surface area contributed by atoms with Crippen molar-refractivity contribution in [2.75, 3.05) is 7.11 Å². The number of aliphatic hydroxyl groups excluding tert-OH is 1. The van der Waals surface area contributed by atoms with Gasteiger partial charge in [-0.15, -0.1) is 0 Å². The van der Waals surface area contributed by atoms with Crippen molar-refractivity contribution < 1.29 is 9.84 Å². The largest absolute Gasteiger partial charge is 0.497 e. The molecule has 0 spiro atoms. The van der Waals surface area contributed by atoms with Crippen LogP contribution in [0.25, 0.3) is 0 Å². The fourth-order valence-electron chi connectivity index (χ4n) is 1.92. The van der Waals surface area contributed by atoms with Crippen LogP contribution in [0, 0.1) is 11.3 Å². The zero-order chi connectivity index (χ0) is 13.8. The van der Waals surface area contributed by atoms with Crippen LogP contribution in [0.5, 0.6) is 5.75 Å². The lowest BCUT2D eigenvalue weighted by molar-refractivity contribution is 0.110. The molecule has 0 amide bonds. The van der Waals surface area contributed by atoms with E-state index in [0.717, 1.165) is 17.7 Å². The summed E-state index contributed by atoms with van der Waals surface area (Å²) in [5.41, 5.74) is 1.37. The SMILES string of the molecule is COc1cccc(CC(O)CC(C)C(C)(C)C)c1. The Kier molecular flexibility index (Phi) is 5.21. The molecule has 0 aliphatic rings. The van der Waals surface area contributed by atoms with Crippen molar-refractivity contribution in [3.8, 4) is 5.75 Å². The van der Waals surface area contributed by atoms with Crippen molar-refractivity contribution in [1.82, 2.24) is 0 Å². The van der Waals surface area contributed by atoms with E-state index in [0.29, 0.717) is 12.3 Å². The predicted molar refractivity (Wildman–Crippen MR) is 75.9 cm³/mol. The maximum atomic E-state index is 10.2. The fraction of sp³-hybridized carbons (Fsp3) is 0.625. The molecule has 0 fully saturated rings. The quantitative estimate of drug-likeness (QED) is 0.864. The molecule has 0 saturated heterocycles. The van der Waals surface area contributed by atoms with E-state index in [9.17, 15) is 5.11 Å². The molecule has 102 valence electrons. The third-order valence-corrected chi connectivity index (χ3v) is 3.71. The van der Waals surface area contributed by atoms with Crippen molar-refractivity contribution in [3.05, 3.63) is 29.8 Å². The van der Waals surface area contributed by atoms with E-state index in [-0.39, 0.29) is 11.5 Å². The van der Waals surface area contributed by atoms with Crippen molar-refractivity contribution in [3.63, 3.8) is 0 Å². The van der Waals surface area contributed by atoms with E-state index in [2.05, 4.69) is 27.7 Å². The molecule has 0 aliphatic carbocycles. The van der Waals surface area contributed by atoms with Gasteiger partial charge < -0.3 is 9.84 Å². The van der Waals surface area contributed by atoms with E-state index in [1.807, 2.05) is 24.3 Å². The molecule has 2 atom stereocenters. The summed E-state index contributed by atoms with van der Waals surface area (Å²) < 4.78 is 5.19. The lowest BCUT2D eigenvalue weighted by atomic mass is 9.78. The number of aliphatic hydroxyl groups is 1. The molecule has 1 rings (SSSR count). The number of hydrogen-bond acceptors (Lipinski definition) is 2. The van der Waals surface area contributed by atoms with Gasteiger partial charge in [-0.2, -0.15) is 0 Å². The normalized spacial score (nSPS) is 15.2. The number of rotatable bonds is 5. The van der Waals surface area contributed by atoms with E-state index < -0.39 is 0 Å². The molecule has 0 saturated carbocycles. The maximum Gasteiger partial charge on any atom is 0.119 e. The Morgan fingerprint density at radius 3 is 2.50 bits per heavy atom. The van der Waals surface area contributed by atoms with Gasteiger partial charge in [-0.25, -0.2) is 0 Å². The third kappa shape index (κ3) is 4.69. The zero-order valence-electron chi connectivity index (χ0n) is 12.2. The van der Waals surface area contributed by atoms with Gasteiger partial charge in [-0.1, -0.05) is 39.8 Å². The van der Waals surface area contributed by atoms with E-state index in [1.165, 1.54) is 0 Å². The van der Waals surface area contributed by atoms with Gasteiger partial charge >= 0.3 is 0 Å². The van der Waals surface area contributed by atoms with Crippen LogP contribution >= 0.6 is 0 Å². The summed E-state index contributed by atoms with van der Waals surface area (Å²) in [4.78, 5) is 0. The molecule has 1 aromatic rings. The fourth-order valence-corrected chi connectivity index (χ4v) is 1.92. The van der Waals surface area contributed by atoms with Gasteiger partial charge in [0.2, 0.25) is 0 Å². The first-order chi connectivity index (χ1) is 8.32. The highest BCUT2D eigenvalue weighted by Gasteiger charge is 2.22. The average Bonchev–Trinajstić information content (AvgIpc) is 2.27. The Hall–Kier alpha value is -1.02. The molecule has 1 N–H and O–H groups in total. The Morgan fingerprint density at radius 1 is 1.28 bits per heavy atom. The van der Waals surface area contributed by atoms with Gasteiger partial charge in [0.15, 0.2) is 0 Å². The van der Waals surface area contributed by atoms with Crippen molar-refractivity contribution in [2.45, 2.75) is 46.6 Å². The van der Waals surface area contributed by atoms with Crippen LogP contribution in [-0.2, 0) is 6.42 Å². The third-order valence-electron chi connectivity index (χ3n) is 3.71. The molecule has 0 radical (unpaired) electrons. The minimum atomic E-state index is -0.286. The highest BCUT2D eigenvalue weighted by Crippen LogP contribution is 2.29. The second-order valence-electron chi connectivity index (χ2n) is 6.21. The molecule has 1 aromatic carbocycles. The average molecular weight is 250 g/mol. The lowest BCUT2D eigenvalue weighted by Crippen LogP contribution is -2.24. The van der Waals surface area contributed by atoms with E-state index in [1.54, 1.807) is 7.11 Å². The van der Waals surface area contributed by atoms with E-state index in [4.69, 9.17) is 4.74 Å². The number of methoxy groups -OCH3 is 1. The highest BCUT2D eigenvalue weighted by atomic mass is 16.5. The van der Waals surface area contributed by atoms with Gasteiger partial charge in [0.25, 0.3) is 0 Å². The van der Waals surface area contributed by atoms with Crippen molar-refractivity contribution in [1.29, 1.82) is 0 Å². The van der Waals surface area contributed by atoms with Crippen LogP contribution in [0.15, 0.2) is 24.3 Å². The van der Waals surface area contributed by atoms with Crippen molar-refractivity contribution >= 4 is 0 Å². The topological polar surface area (TPSA) is 29.5 Å². The Bertz CT molecular complexity index is 366. The molecular weight excluding hydrogens is 224 g/mol. The summed E-state index contributed by atoms with van der Waals surface area (Å²) in [5, 5.41) is 10.2. The number of benzene rings is 1. The minimum Gasteiger partial charge on any atom is -0.497 e. The Morgan fingerprint density at radius 2 is 1.94 bits per heavy atom. The summed E-state index contributed by atoms with van der Waals surface area (Å²) in [6.07, 6.45) is 1.24. The molecule has 0 bridgehead atoms. The van der Waals surface area contributed by atoms with Crippen LogP contribution in [0.4, 0.5) is 0 Å². The van der Waals surface area contributed by atoms with Gasteiger partial charge in [0.05, 0.1) is 13.2 Å². The minimum absolute atomic E-state index is 0.245. The van der Waals surface area contributed by atoms with Gasteiger partial charge in [0, 0.05) is 0 Å². The van der Waals surface area contributed by atoms with Crippen LogP contribution in [0.3, 0.4) is 0 Å². The number of hydrogen-bond donors (Lipinski definition) is 1. The molecule has 0 aromatic heterocycles. The summed E-state index contributed by atoms with van der Waals surface area (Å²) >= 11 is 0. The Balaban J connectivity index is 2.56. The maximum absolute atomic E-state index is 10.2. The molecule has 2 heteroatoms. The first-order valence-electron chi connectivity index (χ1n) is 6.64. The van der Waals surface area contributed by atoms with Gasteiger partial charge in [0.1, 0.15) is 5.75 Å². The summed E-state index contributed by atoms with van der Waals surface area (Å²) in [6.45, 7) is 8.86. The first-order valence-corrected chi connectivity index (χ1v) is 6.64. The highest BCUT2D eigenvalue weighted by molar-refractivity contribution is 5.28. The molecule has 0 heterocycles. The smallest absolute Gasteiger partial charge is 0.119 e. The van der Waals surface area contributed by atoms with Crippen LogP contribution < -0.4 is 4.74 Å². The molecule has 0 aliphatic heterocycles. The molecule has 2 nitrogen and oxygen atoms in total. The summed E-state index contributed by atoms with van der Waals surface area (Å²) in [7, 11) is 1.66. The lowest BCUT2D eigenvalue weighted by Gasteiger charge is -2.29. The first kappa shape index (κ1) is 15.0. The van der Waals surface area contributed by atoms with Crippen LogP contribution in [-0.4, -0.2) is 18.3 Å². The molecule has 18 heavy (non-hydrogen) atoms. The number of ether oxygens (including phenoxy) is 1. The standard InChI is InChI=1S/C16H26O2/c1-12(16(2,3)4)9-14(17)10-13-7-6-8-15(11-13)18-5/h6-8,11-12,14,17H,9-10H2,1-5H3.